The number of aromatic nitrogens is 3. The number of carboxylic acids is 1. The maximum absolute atomic E-state index is 12.5. The Labute approximate surface area is 138 Å². The highest BCUT2D eigenvalue weighted by Crippen LogP contribution is 2.08. The van der Waals surface area contributed by atoms with E-state index in [-0.39, 0.29) is 23.6 Å². The highest BCUT2D eigenvalue weighted by Gasteiger charge is 2.20. The molecule has 8 nitrogen and oxygen atoms in total. The number of amides is 1. The summed E-state index contributed by atoms with van der Waals surface area (Å²) in [5.74, 6) is -1.90. The molecule has 2 heterocycles. The third-order valence-electron chi connectivity index (χ3n) is 3.32. The molecule has 0 unspecified atom stereocenters. The Morgan fingerprint density at radius 3 is 2.78 bits per heavy atom. The molecule has 2 aromatic heterocycles. The van der Waals surface area contributed by atoms with Crippen LogP contribution in [0.3, 0.4) is 0 Å². The first-order chi connectivity index (χ1) is 10.5. The zero-order chi connectivity index (χ0) is 16.1. The van der Waals surface area contributed by atoms with E-state index in [2.05, 4.69) is 22.3 Å². The summed E-state index contributed by atoms with van der Waals surface area (Å²) in [6.07, 6.45) is 6.44. The molecule has 0 bridgehead atoms. The van der Waals surface area contributed by atoms with Crippen LogP contribution >= 0.6 is 12.4 Å². The lowest BCUT2D eigenvalue weighted by atomic mass is 10.1. The SMILES string of the molecule is CCCCCc1cn2[nH]cnc2c(C(=O)NCC(=O)O)c1=O.Cl. The summed E-state index contributed by atoms with van der Waals surface area (Å²) in [6.45, 7) is 1.52. The van der Waals surface area contributed by atoms with Crippen LogP contribution in [0.2, 0.25) is 0 Å². The van der Waals surface area contributed by atoms with Gasteiger partial charge in [0.1, 0.15) is 18.4 Å². The second-order valence-corrected chi connectivity index (χ2v) is 4.97. The summed E-state index contributed by atoms with van der Waals surface area (Å²) >= 11 is 0. The number of carbonyl (C=O) groups excluding carboxylic acids is 1. The molecule has 2 aromatic rings. The third-order valence-corrected chi connectivity index (χ3v) is 3.32. The van der Waals surface area contributed by atoms with Crippen molar-refractivity contribution in [3.63, 3.8) is 0 Å². The monoisotopic (exact) mass is 342 g/mol. The Kier molecular flexibility index (Phi) is 6.77. The number of carbonyl (C=O) groups is 2. The molecule has 126 valence electrons. The highest BCUT2D eigenvalue weighted by molar-refractivity contribution is 6.00. The number of halogens is 1. The number of aromatic amines is 1. The lowest BCUT2D eigenvalue weighted by Gasteiger charge is -2.07. The van der Waals surface area contributed by atoms with Crippen molar-refractivity contribution >= 4 is 29.9 Å². The summed E-state index contributed by atoms with van der Waals surface area (Å²) in [6, 6.07) is 0. The van der Waals surface area contributed by atoms with Crippen molar-refractivity contribution in [2.24, 2.45) is 0 Å². The minimum Gasteiger partial charge on any atom is -0.480 e. The molecule has 0 aromatic carbocycles. The van der Waals surface area contributed by atoms with E-state index in [1.165, 1.54) is 10.8 Å². The first-order valence-electron chi connectivity index (χ1n) is 7.12. The summed E-state index contributed by atoms with van der Waals surface area (Å²) in [7, 11) is 0. The fourth-order valence-corrected chi connectivity index (χ4v) is 2.23. The van der Waals surface area contributed by atoms with Crippen LogP contribution in [0.25, 0.3) is 5.65 Å². The lowest BCUT2D eigenvalue weighted by molar-refractivity contribution is -0.135. The maximum Gasteiger partial charge on any atom is 0.322 e. The van der Waals surface area contributed by atoms with Crippen LogP contribution in [0.5, 0.6) is 0 Å². The highest BCUT2D eigenvalue weighted by atomic mass is 35.5. The minimum atomic E-state index is -1.18. The minimum absolute atomic E-state index is 0. The fraction of sp³-hybridized carbons (Fsp3) is 0.429. The molecule has 0 aliphatic rings. The second kappa shape index (κ2) is 8.33. The zero-order valence-corrected chi connectivity index (χ0v) is 13.5. The van der Waals surface area contributed by atoms with Gasteiger partial charge in [-0.3, -0.25) is 19.5 Å². The number of unbranched alkanes of at least 4 members (excludes halogenated alkanes) is 2. The summed E-state index contributed by atoms with van der Waals surface area (Å²) < 4.78 is 1.50. The number of fused-ring (bicyclic) bond motifs is 1. The molecule has 0 saturated carbocycles. The van der Waals surface area contributed by atoms with Crippen molar-refractivity contribution < 1.29 is 14.7 Å². The van der Waals surface area contributed by atoms with Gasteiger partial charge in [0.2, 0.25) is 0 Å². The Balaban J connectivity index is 0.00000264. The molecule has 2 rings (SSSR count). The first-order valence-corrected chi connectivity index (χ1v) is 7.12. The van der Waals surface area contributed by atoms with E-state index in [0.29, 0.717) is 12.0 Å². The smallest absolute Gasteiger partial charge is 0.322 e. The lowest BCUT2D eigenvalue weighted by Crippen LogP contribution is -2.34. The number of pyridine rings is 1. The number of aryl methyl sites for hydroxylation is 1. The van der Waals surface area contributed by atoms with E-state index in [4.69, 9.17) is 5.11 Å². The topological polar surface area (TPSA) is 117 Å². The molecule has 0 atom stereocenters. The zero-order valence-electron chi connectivity index (χ0n) is 12.7. The Hall–Kier alpha value is -2.35. The van der Waals surface area contributed by atoms with Crippen LogP contribution in [0.15, 0.2) is 17.3 Å². The van der Waals surface area contributed by atoms with Crippen molar-refractivity contribution in [3.05, 3.63) is 33.9 Å². The largest absolute Gasteiger partial charge is 0.480 e. The predicted molar refractivity (Wildman–Crippen MR) is 86.3 cm³/mol. The van der Waals surface area contributed by atoms with Crippen LogP contribution in [0, 0.1) is 0 Å². The van der Waals surface area contributed by atoms with E-state index < -0.39 is 23.9 Å². The molecule has 0 radical (unpaired) electrons. The number of hydrogen-bond acceptors (Lipinski definition) is 4. The molecule has 0 aliphatic carbocycles. The van der Waals surface area contributed by atoms with Crippen LogP contribution in [0.4, 0.5) is 0 Å². The van der Waals surface area contributed by atoms with Gasteiger partial charge in [0.05, 0.1) is 0 Å². The standard InChI is InChI=1S/C14H18N4O4.ClH/c1-2-3-4-5-9-7-18-13(16-8-17-18)11(12(9)21)14(22)15-6-10(19)20;/h7-8H,2-6H2,1H3,(H,15,22)(H,16,17)(H,19,20);1H. The molecule has 3 N–H and O–H groups in total. The summed E-state index contributed by atoms with van der Waals surface area (Å²) in [5.41, 5.74) is 0.172. The normalized spacial score (nSPS) is 10.3. The molecule has 9 heteroatoms. The van der Waals surface area contributed by atoms with Gasteiger partial charge in [0, 0.05) is 11.8 Å². The number of nitrogens with zero attached hydrogens (tertiary/aromatic N) is 2. The number of H-pyrrole nitrogens is 1. The maximum atomic E-state index is 12.5. The predicted octanol–water partition coefficient (Wildman–Crippen LogP) is 0.991. The average Bonchev–Trinajstić information content (AvgIpc) is 2.93. The molecule has 1 amide bonds. The molecule has 23 heavy (non-hydrogen) atoms. The van der Waals surface area contributed by atoms with Crippen LogP contribution in [-0.2, 0) is 11.2 Å². The van der Waals surface area contributed by atoms with Gasteiger partial charge in [0.25, 0.3) is 5.91 Å². The quantitative estimate of drug-likeness (QED) is 0.649. The van der Waals surface area contributed by atoms with Gasteiger partial charge in [-0.25, -0.2) is 9.50 Å². The van der Waals surface area contributed by atoms with Crippen molar-refractivity contribution in [2.75, 3.05) is 6.54 Å². The molecule has 0 fully saturated rings. The Bertz CT molecular complexity index is 753. The fourth-order valence-electron chi connectivity index (χ4n) is 2.23. The Morgan fingerprint density at radius 2 is 2.13 bits per heavy atom. The second-order valence-electron chi connectivity index (χ2n) is 4.97. The van der Waals surface area contributed by atoms with Gasteiger partial charge in [-0.2, -0.15) is 0 Å². The average molecular weight is 343 g/mol. The van der Waals surface area contributed by atoms with Gasteiger partial charge >= 0.3 is 5.97 Å². The van der Waals surface area contributed by atoms with Crippen LogP contribution in [-0.4, -0.2) is 38.1 Å². The van der Waals surface area contributed by atoms with Gasteiger partial charge in [-0.15, -0.1) is 12.4 Å². The first kappa shape index (κ1) is 18.7. The third kappa shape index (κ3) is 4.32. The molecular weight excluding hydrogens is 324 g/mol. The van der Waals surface area contributed by atoms with Gasteiger partial charge in [0.15, 0.2) is 11.1 Å². The number of nitrogens with one attached hydrogen (secondary N) is 2. The number of hydrogen-bond donors (Lipinski definition) is 3. The molecule has 0 aliphatic heterocycles. The summed E-state index contributed by atoms with van der Waals surface area (Å²) in [4.78, 5) is 39.1. The van der Waals surface area contributed by atoms with Gasteiger partial charge in [-0.05, 0) is 12.8 Å². The molecule has 0 spiro atoms. The van der Waals surface area contributed by atoms with Gasteiger partial charge in [-0.1, -0.05) is 19.8 Å². The number of carboxylic acid groups (broad SMARTS) is 1. The van der Waals surface area contributed by atoms with E-state index in [1.807, 2.05) is 0 Å². The van der Waals surface area contributed by atoms with E-state index in [9.17, 15) is 14.4 Å². The van der Waals surface area contributed by atoms with Crippen molar-refractivity contribution in [2.45, 2.75) is 32.6 Å². The number of aliphatic carboxylic acids is 1. The van der Waals surface area contributed by atoms with Crippen LogP contribution < -0.4 is 10.7 Å². The van der Waals surface area contributed by atoms with Gasteiger partial charge < -0.3 is 10.4 Å². The van der Waals surface area contributed by atoms with E-state index >= 15 is 0 Å². The molecular formula is C14H19ClN4O4. The molecule has 0 saturated heterocycles. The van der Waals surface area contributed by atoms with E-state index in [1.54, 1.807) is 6.20 Å². The Morgan fingerprint density at radius 1 is 1.39 bits per heavy atom. The van der Waals surface area contributed by atoms with Crippen LogP contribution in [0.1, 0.15) is 42.1 Å². The van der Waals surface area contributed by atoms with E-state index in [0.717, 1.165) is 19.3 Å². The summed E-state index contributed by atoms with van der Waals surface area (Å²) in [5, 5.41) is 13.6. The van der Waals surface area contributed by atoms with Crippen molar-refractivity contribution in [1.29, 1.82) is 0 Å². The number of rotatable bonds is 7. The van der Waals surface area contributed by atoms with Crippen molar-refractivity contribution in [1.82, 2.24) is 19.9 Å². The van der Waals surface area contributed by atoms with Crippen molar-refractivity contribution in [3.8, 4) is 0 Å².